The summed E-state index contributed by atoms with van der Waals surface area (Å²) < 4.78 is 26.0. The molecule has 1 N–H and O–H groups in total. The molecule has 1 aromatic rings. The van der Waals surface area contributed by atoms with E-state index < -0.39 is 22.2 Å². The number of nitro groups is 1. The highest BCUT2D eigenvalue weighted by molar-refractivity contribution is 5.42. The predicted octanol–water partition coefficient (Wildman–Crippen LogP) is 2.19. The Hall–Kier alpha value is -1.56. The van der Waals surface area contributed by atoms with Gasteiger partial charge in [-0.15, -0.1) is 0 Å². The van der Waals surface area contributed by atoms with Crippen LogP contribution in [0.25, 0.3) is 0 Å². The van der Waals surface area contributed by atoms with Crippen LogP contribution in [0.2, 0.25) is 0 Å². The van der Waals surface area contributed by atoms with E-state index in [1.807, 2.05) is 0 Å². The minimum absolute atomic E-state index is 0.0941. The van der Waals surface area contributed by atoms with Gasteiger partial charge in [0.1, 0.15) is 0 Å². The summed E-state index contributed by atoms with van der Waals surface area (Å²) in [6, 6.07) is 1.45. The molecule has 1 aliphatic carbocycles. The van der Waals surface area contributed by atoms with Crippen LogP contribution in [0.4, 0.5) is 14.5 Å². The molecule has 0 amide bonds. The molecule has 4 nitrogen and oxygen atoms in total. The molecule has 0 aliphatic heterocycles. The molecule has 17 heavy (non-hydrogen) atoms. The Morgan fingerprint density at radius 2 is 1.94 bits per heavy atom. The van der Waals surface area contributed by atoms with Gasteiger partial charge in [0.15, 0.2) is 11.6 Å². The summed E-state index contributed by atoms with van der Waals surface area (Å²) in [6.07, 6.45) is 1.70. The van der Waals surface area contributed by atoms with E-state index in [9.17, 15) is 18.9 Å². The van der Waals surface area contributed by atoms with Crippen LogP contribution < -0.4 is 0 Å². The maximum Gasteiger partial charge on any atom is 0.275 e. The molecule has 1 saturated carbocycles. The molecule has 92 valence electrons. The van der Waals surface area contributed by atoms with E-state index in [-0.39, 0.29) is 24.0 Å². The lowest BCUT2D eigenvalue weighted by molar-refractivity contribution is -0.385. The van der Waals surface area contributed by atoms with Gasteiger partial charge >= 0.3 is 0 Å². The average Bonchev–Trinajstić information content (AvgIpc) is 3.03. The molecule has 2 rings (SSSR count). The first-order valence-electron chi connectivity index (χ1n) is 5.21. The van der Waals surface area contributed by atoms with Gasteiger partial charge in [0.2, 0.25) is 0 Å². The Balaban J connectivity index is 2.37. The molecule has 0 saturated heterocycles. The third kappa shape index (κ3) is 2.26. The zero-order chi connectivity index (χ0) is 12.6. The fraction of sp³-hybridized carbons (Fsp3) is 0.455. The molecular formula is C11H11F2NO3. The molecular weight excluding hydrogens is 232 g/mol. The largest absolute Gasteiger partial charge is 0.396 e. The zero-order valence-electron chi connectivity index (χ0n) is 8.95. The van der Waals surface area contributed by atoms with Crippen molar-refractivity contribution in [3.05, 3.63) is 39.4 Å². The smallest absolute Gasteiger partial charge is 0.275 e. The molecule has 0 heterocycles. The first-order valence-corrected chi connectivity index (χ1v) is 5.21. The summed E-state index contributed by atoms with van der Waals surface area (Å²) in [5.74, 6) is -2.33. The van der Waals surface area contributed by atoms with Gasteiger partial charge in [-0.2, -0.15) is 0 Å². The lowest BCUT2D eigenvalue weighted by atomic mass is 9.96. The van der Waals surface area contributed by atoms with Crippen molar-refractivity contribution in [1.29, 1.82) is 0 Å². The van der Waals surface area contributed by atoms with Gasteiger partial charge in [-0.3, -0.25) is 10.1 Å². The second-order valence-corrected chi connectivity index (χ2v) is 4.49. The maximum atomic E-state index is 13.1. The maximum absolute atomic E-state index is 13.1. The topological polar surface area (TPSA) is 63.4 Å². The van der Waals surface area contributed by atoms with Gasteiger partial charge in [-0.25, -0.2) is 8.78 Å². The molecule has 1 aliphatic rings. The van der Waals surface area contributed by atoms with Crippen LogP contribution in [0.3, 0.4) is 0 Å². The van der Waals surface area contributed by atoms with Gasteiger partial charge in [0, 0.05) is 12.2 Å². The molecule has 0 atom stereocenters. The summed E-state index contributed by atoms with van der Waals surface area (Å²) in [5.41, 5.74) is -0.668. The summed E-state index contributed by atoms with van der Waals surface area (Å²) in [5, 5.41) is 19.9. The number of nitrogens with zero attached hydrogens (tertiary/aromatic N) is 1. The Kier molecular flexibility index (Phi) is 2.82. The second-order valence-electron chi connectivity index (χ2n) is 4.49. The first-order chi connectivity index (χ1) is 7.97. The summed E-state index contributed by atoms with van der Waals surface area (Å²) in [6.45, 7) is -0.0941. The Bertz CT molecular complexity index is 472. The van der Waals surface area contributed by atoms with E-state index >= 15 is 0 Å². The van der Waals surface area contributed by atoms with E-state index in [0.29, 0.717) is 6.07 Å². The summed E-state index contributed by atoms with van der Waals surface area (Å²) >= 11 is 0. The predicted molar refractivity (Wildman–Crippen MR) is 55.5 cm³/mol. The van der Waals surface area contributed by atoms with Crippen molar-refractivity contribution < 1.29 is 18.8 Å². The second kappa shape index (κ2) is 4.03. The fourth-order valence-corrected chi connectivity index (χ4v) is 1.86. The van der Waals surface area contributed by atoms with E-state index in [0.717, 1.165) is 18.9 Å². The van der Waals surface area contributed by atoms with Crippen LogP contribution in [0.15, 0.2) is 12.1 Å². The van der Waals surface area contributed by atoms with Crippen molar-refractivity contribution in [2.45, 2.75) is 19.3 Å². The van der Waals surface area contributed by atoms with Crippen molar-refractivity contribution >= 4 is 5.69 Å². The van der Waals surface area contributed by atoms with Crippen LogP contribution in [-0.4, -0.2) is 16.6 Å². The van der Waals surface area contributed by atoms with Crippen molar-refractivity contribution in [2.75, 3.05) is 6.61 Å². The quantitative estimate of drug-likeness (QED) is 0.651. The normalized spacial score (nSPS) is 16.9. The molecule has 0 aromatic heterocycles. The van der Waals surface area contributed by atoms with Crippen molar-refractivity contribution in [3.63, 3.8) is 0 Å². The minimum Gasteiger partial charge on any atom is -0.396 e. The van der Waals surface area contributed by atoms with E-state index in [4.69, 9.17) is 5.11 Å². The van der Waals surface area contributed by atoms with Crippen LogP contribution in [0.1, 0.15) is 18.4 Å². The molecule has 1 aromatic carbocycles. The number of benzene rings is 1. The lowest BCUT2D eigenvalue weighted by Gasteiger charge is -2.11. The first kappa shape index (κ1) is 11.9. The molecule has 6 heteroatoms. The number of aliphatic hydroxyl groups is 1. The van der Waals surface area contributed by atoms with Crippen molar-refractivity contribution in [1.82, 2.24) is 0 Å². The van der Waals surface area contributed by atoms with Crippen LogP contribution in [-0.2, 0) is 6.42 Å². The Morgan fingerprint density at radius 1 is 1.35 bits per heavy atom. The molecule has 0 spiro atoms. The summed E-state index contributed by atoms with van der Waals surface area (Å²) in [7, 11) is 0. The minimum atomic E-state index is -1.23. The highest BCUT2D eigenvalue weighted by Gasteiger charge is 2.43. The monoisotopic (exact) mass is 243 g/mol. The Labute approximate surface area is 96.0 Å². The standard InChI is InChI=1S/C11H11F2NO3/c12-8-3-7(5-11(6-15)1-2-11)10(14(16)17)4-9(8)13/h3-4,15H,1-2,5-6H2. The Morgan fingerprint density at radius 3 is 2.41 bits per heavy atom. The van der Waals surface area contributed by atoms with Gasteiger partial charge in [-0.1, -0.05) is 0 Å². The van der Waals surface area contributed by atoms with Gasteiger partial charge in [0.05, 0.1) is 11.0 Å². The highest BCUT2D eigenvalue weighted by Crippen LogP contribution is 2.48. The van der Waals surface area contributed by atoms with E-state index in [1.165, 1.54) is 0 Å². The van der Waals surface area contributed by atoms with E-state index in [1.54, 1.807) is 0 Å². The fourth-order valence-electron chi connectivity index (χ4n) is 1.86. The molecule has 0 radical (unpaired) electrons. The third-order valence-electron chi connectivity index (χ3n) is 3.18. The van der Waals surface area contributed by atoms with Gasteiger partial charge in [-0.05, 0) is 30.7 Å². The molecule has 1 fully saturated rings. The van der Waals surface area contributed by atoms with Crippen molar-refractivity contribution in [3.8, 4) is 0 Å². The molecule has 0 unspecified atom stereocenters. The number of halogens is 2. The third-order valence-corrected chi connectivity index (χ3v) is 3.18. The number of aliphatic hydroxyl groups excluding tert-OH is 1. The summed E-state index contributed by atoms with van der Waals surface area (Å²) in [4.78, 5) is 10.0. The van der Waals surface area contributed by atoms with Crippen LogP contribution in [0, 0.1) is 27.2 Å². The number of hydrogen-bond acceptors (Lipinski definition) is 3. The molecule has 0 bridgehead atoms. The SMILES string of the molecule is O=[N+]([O-])c1cc(F)c(F)cc1CC1(CO)CC1. The van der Waals surface area contributed by atoms with E-state index in [2.05, 4.69) is 0 Å². The number of rotatable bonds is 4. The van der Waals surface area contributed by atoms with Crippen LogP contribution in [0.5, 0.6) is 0 Å². The lowest BCUT2D eigenvalue weighted by Crippen LogP contribution is -2.12. The highest BCUT2D eigenvalue weighted by atomic mass is 19.2. The average molecular weight is 243 g/mol. The van der Waals surface area contributed by atoms with Crippen LogP contribution >= 0.6 is 0 Å². The number of hydrogen-bond donors (Lipinski definition) is 1. The number of nitro benzene ring substituents is 1. The van der Waals surface area contributed by atoms with Gasteiger partial charge < -0.3 is 5.11 Å². The zero-order valence-corrected chi connectivity index (χ0v) is 8.95. The van der Waals surface area contributed by atoms with Gasteiger partial charge in [0.25, 0.3) is 5.69 Å². The van der Waals surface area contributed by atoms with Crippen molar-refractivity contribution in [2.24, 2.45) is 5.41 Å².